The Bertz CT molecular complexity index is 329. The molecule has 18 heavy (non-hydrogen) atoms. The van der Waals surface area contributed by atoms with E-state index >= 15 is 0 Å². The van der Waals surface area contributed by atoms with Gasteiger partial charge in [-0.25, -0.2) is 4.79 Å². The zero-order valence-electron chi connectivity index (χ0n) is 11.4. The second-order valence-corrected chi connectivity index (χ2v) is 4.68. The average Bonchev–Trinajstić information content (AvgIpc) is 2.41. The number of carbonyl (C=O) groups excluding carboxylic acids is 1. The molecule has 0 heterocycles. The van der Waals surface area contributed by atoms with E-state index in [1.54, 1.807) is 0 Å². The number of hydrogen-bond acceptors (Lipinski definition) is 2. The van der Waals surface area contributed by atoms with E-state index in [4.69, 9.17) is 4.74 Å². The van der Waals surface area contributed by atoms with Crippen molar-refractivity contribution < 1.29 is 9.53 Å². The molecule has 1 aliphatic rings. The fourth-order valence-electron chi connectivity index (χ4n) is 2.12. The minimum atomic E-state index is -0.251. The van der Waals surface area contributed by atoms with E-state index in [0.717, 1.165) is 31.3 Å². The minimum absolute atomic E-state index is 0.251. The van der Waals surface area contributed by atoms with Crippen LogP contribution in [0.15, 0.2) is 36.0 Å². The lowest BCUT2D eigenvalue weighted by molar-refractivity contribution is -0.137. The van der Waals surface area contributed by atoms with Gasteiger partial charge in [0.05, 0.1) is 6.61 Å². The van der Waals surface area contributed by atoms with Gasteiger partial charge in [0.2, 0.25) is 0 Å². The summed E-state index contributed by atoms with van der Waals surface area (Å²) in [5.74, 6) is -0.251. The van der Waals surface area contributed by atoms with Gasteiger partial charge >= 0.3 is 5.97 Å². The number of allylic oxidation sites excluding steroid dienone is 4. The Morgan fingerprint density at radius 3 is 2.61 bits per heavy atom. The number of esters is 1. The highest BCUT2D eigenvalue weighted by Gasteiger charge is 2.08. The van der Waals surface area contributed by atoms with Gasteiger partial charge in [-0.05, 0) is 43.8 Å². The van der Waals surface area contributed by atoms with Gasteiger partial charge in [0.15, 0.2) is 0 Å². The molecule has 2 heteroatoms. The second kappa shape index (κ2) is 8.73. The summed E-state index contributed by atoms with van der Waals surface area (Å²) in [6.45, 7) is 6.42. The quantitative estimate of drug-likeness (QED) is 0.397. The van der Waals surface area contributed by atoms with E-state index in [1.165, 1.54) is 30.9 Å². The summed E-state index contributed by atoms with van der Waals surface area (Å²) in [6.07, 6.45) is 13.3. The third-order valence-corrected chi connectivity index (χ3v) is 3.23. The smallest absolute Gasteiger partial charge is 0.330 e. The maximum atomic E-state index is 11.5. The first-order valence-electron chi connectivity index (χ1n) is 6.97. The molecule has 2 nitrogen and oxygen atoms in total. The molecule has 0 radical (unpaired) electrons. The summed E-state index contributed by atoms with van der Waals surface area (Å²) in [6, 6.07) is 0. The second-order valence-electron chi connectivity index (χ2n) is 4.68. The first kappa shape index (κ1) is 14.7. The summed E-state index contributed by atoms with van der Waals surface area (Å²) in [5.41, 5.74) is 2.52. The molecule has 0 amide bonds. The van der Waals surface area contributed by atoms with Crippen LogP contribution in [-0.4, -0.2) is 12.6 Å². The van der Waals surface area contributed by atoms with Crippen molar-refractivity contribution >= 4 is 5.97 Å². The van der Waals surface area contributed by atoms with Crippen LogP contribution < -0.4 is 0 Å². The molecule has 0 aromatic rings. The van der Waals surface area contributed by atoms with Crippen molar-refractivity contribution in [3.8, 4) is 0 Å². The lowest BCUT2D eigenvalue weighted by Crippen LogP contribution is -2.02. The maximum Gasteiger partial charge on any atom is 0.330 e. The minimum Gasteiger partial charge on any atom is -0.463 e. The zero-order valence-corrected chi connectivity index (χ0v) is 11.4. The highest BCUT2D eigenvalue weighted by molar-refractivity contribution is 5.82. The SMILES string of the molecule is C=CC(/C=C/C(=O)OCCCC)=C1CCCCC1. The lowest BCUT2D eigenvalue weighted by Gasteiger charge is -2.15. The van der Waals surface area contributed by atoms with Gasteiger partial charge in [0.1, 0.15) is 0 Å². The van der Waals surface area contributed by atoms with E-state index in [2.05, 4.69) is 13.5 Å². The van der Waals surface area contributed by atoms with Crippen molar-refractivity contribution in [3.63, 3.8) is 0 Å². The van der Waals surface area contributed by atoms with Gasteiger partial charge in [-0.3, -0.25) is 0 Å². The third-order valence-electron chi connectivity index (χ3n) is 3.23. The standard InChI is InChI=1S/C16H24O2/c1-3-5-13-18-16(17)12-11-14(4-2)15-9-7-6-8-10-15/h4,11-12H,2-3,5-10,13H2,1H3/b12-11+. The van der Waals surface area contributed by atoms with Crippen molar-refractivity contribution in [2.45, 2.75) is 51.9 Å². The average molecular weight is 248 g/mol. The third kappa shape index (κ3) is 5.35. The number of unbranched alkanes of at least 4 members (excludes halogenated alkanes) is 1. The van der Waals surface area contributed by atoms with E-state index in [-0.39, 0.29) is 5.97 Å². The number of ether oxygens (including phenoxy) is 1. The predicted molar refractivity (Wildman–Crippen MR) is 75.3 cm³/mol. The normalized spacial score (nSPS) is 15.7. The summed E-state index contributed by atoms with van der Waals surface area (Å²) >= 11 is 0. The Morgan fingerprint density at radius 2 is 2.00 bits per heavy atom. The molecule has 1 aliphatic carbocycles. The molecule has 1 saturated carbocycles. The van der Waals surface area contributed by atoms with Gasteiger partial charge in [0.25, 0.3) is 0 Å². The fourth-order valence-corrected chi connectivity index (χ4v) is 2.12. The Kier molecular flexibility index (Phi) is 7.16. The Labute approximate surface area is 110 Å². The molecule has 0 bridgehead atoms. The predicted octanol–water partition coefficient (Wildman–Crippen LogP) is 4.33. The molecule has 0 aliphatic heterocycles. The van der Waals surface area contributed by atoms with Gasteiger partial charge in [0, 0.05) is 6.08 Å². The van der Waals surface area contributed by atoms with Gasteiger partial charge in [-0.15, -0.1) is 0 Å². The number of hydrogen-bond donors (Lipinski definition) is 0. The van der Waals surface area contributed by atoms with Crippen LogP contribution in [0.1, 0.15) is 51.9 Å². The van der Waals surface area contributed by atoms with Crippen LogP contribution in [0.5, 0.6) is 0 Å². The van der Waals surface area contributed by atoms with E-state index < -0.39 is 0 Å². The van der Waals surface area contributed by atoms with Crippen molar-refractivity contribution in [1.29, 1.82) is 0 Å². The summed E-state index contributed by atoms with van der Waals surface area (Å²) in [5, 5.41) is 0. The summed E-state index contributed by atoms with van der Waals surface area (Å²) < 4.78 is 5.08. The van der Waals surface area contributed by atoms with E-state index in [0.29, 0.717) is 6.61 Å². The molecule has 0 aromatic carbocycles. The topological polar surface area (TPSA) is 26.3 Å². The monoisotopic (exact) mass is 248 g/mol. The van der Waals surface area contributed by atoms with Gasteiger partial charge in [-0.1, -0.05) is 38.0 Å². The molecular formula is C16H24O2. The zero-order chi connectivity index (χ0) is 13.2. The van der Waals surface area contributed by atoms with Crippen LogP contribution in [0.3, 0.4) is 0 Å². The van der Waals surface area contributed by atoms with Crippen LogP contribution in [0.25, 0.3) is 0 Å². The van der Waals surface area contributed by atoms with E-state index in [9.17, 15) is 4.79 Å². The molecule has 0 spiro atoms. The highest BCUT2D eigenvalue weighted by Crippen LogP contribution is 2.26. The summed E-state index contributed by atoms with van der Waals surface area (Å²) in [4.78, 5) is 11.5. The Balaban J connectivity index is 2.51. The van der Waals surface area contributed by atoms with Crippen LogP contribution in [0, 0.1) is 0 Å². The highest BCUT2D eigenvalue weighted by atomic mass is 16.5. The van der Waals surface area contributed by atoms with Crippen LogP contribution in [-0.2, 0) is 9.53 Å². The first-order chi connectivity index (χ1) is 8.77. The van der Waals surface area contributed by atoms with Crippen LogP contribution in [0.2, 0.25) is 0 Å². The fraction of sp³-hybridized carbons (Fsp3) is 0.562. The largest absolute Gasteiger partial charge is 0.463 e. The van der Waals surface area contributed by atoms with Crippen LogP contribution in [0.4, 0.5) is 0 Å². The maximum absolute atomic E-state index is 11.5. The Morgan fingerprint density at radius 1 is 1.28 bits per heavy atom. The first-order valence-corrected chi connectivity index (χ1v) is 6.97. The molecule has 0 aromatic heterocycles. The molecule has 0 unspecified atom stereocenters. The van der Waals surface area contributed by atoms with E-state index in [1.807, 2.05) is 12.2 Å². The molecule has 1 rings (SSSR count). The molecule has 0 saturated heterocycles. The van der Waals surface area contributed by atoms with Crippen molar-refractivity contribution in [3.05, 3.63) is 36.0 Å². The number of rotatable bonds is 6. The van der Waals surface area contributed by atoms with Crippen molar-refractivity contribution in [1.82, 2.24) is 0 Å². The molecule has 0 N–H and O–H groups in total. The molecule has 1 fully saturated rings. The molecule has 100 valence electrons. The Hall–Kier alpha value is -1.31. The molecule has 0 atom stereocenters. The van der Waals surface area contributed by atoms with Crippen molar-refractivity contribution in [2.24, 2.45) is 0 Å². The lowest BCUT2D eigenvalue weighted by atomic mass is 9.91. The van der Waals surface area contributed by atoms with Crippen molar-refractivity contribution in [2.75, 3.05) is 6.61 Å². The molecular weight excluding hydrogens is 224 g/mol. The van der Waals surface area contributed by atoms with Crippen LogP contribution >= 0.6 is 0 Å². The summed E-state index contributed by atoms with van der Waals surface area (Å²) in [7, 11) is 0. The van der Waals surface area contributed by atoms with Gasteiger partial charge in [-0.2, -0.15) is 0 Å². The van der Waals surface area contributed by atoms with Gasteiger partial charge < -0.3 is 4.74 Å². The number of carbonyl (C=O) groups is 1.